The van der Waals surface area contributed by atoms with E-state index in [1.165, 1.54) is 11.1 Å². The van der Waals surface area contributed by atoms with E-state index >= 15 is 0 Å². The van der Waals surface area contributed by atoms with Crippen LogP contribution < -0.4 is 5.32 Å². The van der Waals surface area contributed by atoms with E-state index in [4.69, 9.17) is 4.74 Å². The summed E-state index contributed by atoms with van der Waals surface area (Å²) < 4.78 is 5.18. The van der Waals surface area contributed by atoms with Crippen molar-refractivity contribution in [2.24, 2.45) is 0 Å². The van der Waals surface area contributed by atoms with Crippen LogP contribution in [-0.2, 0) is 4.74 Å². The molecule has 0 aliphatic carbocycles. The minimum absolute atomic E-state index is 0.372. The maximum absolute atomic E-state index is 11.5. The number of amides is 1. The Kier molecular flexibility index (Phi) is 6.19. The Morgan fingerprint density at radius 1 is 1.00 bits per heavy atom. The van der Waals surface area contributed by atoms with Gasteiger partial charge in [0.1, 0.15) is 5.60 Å². The molecule has 0 spiro atoms. The molecule has 0 unspecified atom stereocenters. The lowest BCUT2D eigenvalue weighted by molar-refractivity contribution is 0.0529. The monoisotopic (exact) mass is 323 g/mol. The summed E-state index contributed by atoms with van der Waals surface area (Å²) in [5.41, 5.74) is 3.11. The maximum Gasteiger partial charge on any atom is 0.407 e. The zero-order valence-corrected chi connectivity index (χ0v) is 14.6. The average molecular weight is 323 g/mol. The fraction of sp³-hybridized carbons (Fsp3) is 0.286. The molecule has 3 heteroatoms. The Balaban J connectivity index is 1.78. The average Bonchev–Trinajstić information content (AvgIpc) is 2.54. The fourth-order valence-corrected chi connectivity index (χ4v) is 2.21. The normalized spacial score (nSPS) is 11.5. The number of benzene rings is 2. The summed E-state index contributed by atoms with van der Waals surface area (Å²) in [6, 6.07) is 18.7. The standard InChI is InChI=1S/C21H25NO2/c1-21(2,3)24-20(23)22-16-8-7-9-17-12-14-19(15-13-17)18-10-5-4-6-11-18/h4-7,9-15H,8,16H2,1-3H3,(H,22,23). The van der Waals surface area contributed by atoms with Crippen molar-refractivity contribution in [2.45, 2.75) is 32.8 Å². The van der Waals surface area contributed by atoms with Crippen LogP contribution >= 0.6 is 0 Å². The van der Waals surface area contributed by atoms with Gasteiger partial charge in [0.15, 0.2) is 0 Å². The molecule has 0 saturated carbocycles. The number of carbonyl (C=O) groups excluding carboxylic acids is 1. The summed E-state index contributed by atoms with van der Waals surface area (Å²) in [6.45, 7) is 6.12. The van der Waals surface area contributed by atoms with Crippen molar-refractivity contribution in [3.63, 3.8) is 0 Å². The van der Waals surface area contributed by atoms with Crippen molar-refractivity contribution < 1.29 is 9.53 Å². The number of ether oxygens (including phenoxy) is 1. The minimum Gasteiger partial charge on any atom is -0.444 e. The fourth-order valence-electron chi connectivity index (χ4n) is 2.21. The summed E-state index contributed by atoms with van der Waals surface area (Å²) >= 11 is 0. The number of rotatable bonds is 5. The van der Waals surface area contributed by atoms with Gasteiger partial charge in [-0.15, -0.1) is 0 Å². The van der Waals surface area contributed by atoms with Crippen molar-refractivity contribution in [1.29, 1.82) is 0 Å². The van der Waals surface area contributed by atoms with Crippen molar-refractivity contribution in [1.82, 2.24) is 5.32 Å². The maximum atomic E-state index is 11.5. The summed E-state index contributed by atoms with van der Waals surface area (Å²) in [6.07, 6.45) is 4.50. The highest BCUT2D eigenvalue weighted by molar-refractivity contribution is 5.67. The third-order valence-electron chi connectivity index (χ3n) is 3.31. The van der Waals surface area contributed by atoms with Crippen LogP contribution in [-0.4, -0.2) is 18.2 Å². The second-order valence-corrected chi connectivity index (χ2v) is 6.61. The van der Waals surface area contributed by atoms with Gasteiger partial charge in [-0.2, -0.15) is 0 Å². The van der Waals surface area contributed by atoms with Gasteiger partial charge < -0.3 is 10.1 Å². The van der Waals surface area contributed by atoms with E-state index in [1.807, 2.05) is 39.0 Å². The first-order valence-corrected chi connectivity index (χ1v) is 8.23. The molecule has 24 heavy (non-hydrogen) atoms. The molecule has 0 radical (unpaired) electrons. The first kappa shape index (κ1) is 17.8. The number of nitrogens with one attached hydrogen (secondary N) is 1. The molecule has 0 saturated heterocycles. The number of hydrogen-bond acceptors (Lipinski definition) is 2. The van der Waals surface area contributed by atoms with E-state index in [9.17, 15) is 4.79 Å². The van der Waals surface area contributed by atoms with Crippen LogP contribution in [0.4, 0.5) is 4.79 Å². The third kappa shape index (κ3) is 6.29. The summed E-state index contributed by atoms with van der Waals surface area (Å²) in [7, 11) is 0. The third-order valence-corrected chi connectivity index (χ3v) is 3.31. The van der Waals surface area contributed by atoms with Gasteiger partial charge in [-0.05, 0) is 43.9 Å². The molecule has 0 atom stereocenters. The zero-order valence-electron chi connectivity index (χ0n) is 14.6. The molecular weight excluding hydrogens is 298 g/mol. The van der Waals surface area contributed by atoms with Crippen LogP contribution in [0.25, 0.3) is 17.2 Å². The Morgan fingerprint density at radius 3 is 2.25 bits per heavy atom. The highest BCUT2D eigenvalue weighted by atomic mass is 16.6. The van der Waals surface area contributed by atoms with Gasteiger partial charge in [0.25, 0.3) is 0 Å². The van der Waals surface area contributed by atoms with Crippen molar-refractivity contribution in [3.8, 4) is 11.1 Å². The number of hydrogen-bond donors (Lipinski definition) is 1. The molecule has 2 aromatic rings. The lowest BCUT2D eigenvalue weighted by Crippen LogP contribution is -2.32. The van der Waals surface area contributed by atoms with Crippen LogP contribution in [0.3, 0.4) is 0 Å². The molecule has 2 aromatic carbocycles. The first-order chi connectivity index (χ1) is 11.4. The van der Waals surface area contributed by atoms with E-state index < -0.39 is 5.60 Å². The van der Waals surface area contributed by atoms with Gasteiger partial charge in [-0.25, -0.2) is 4.79 Å². The van der Waals surface area contributed by atoms with E-state index in [0.717, 1.165) is 12.0 Å². The molecule has 1 amide bonds. The van der Waals surface area contributed by atoms with Crippen molar-refractivity contribution in [2.75, 3.05) is 6.54 Å². The molecule has 0 heterocycles. The molecule has 0 aliphatic rings. The van der Waals surface area contributed by atoms with Gasteiger partial charge in [-0.3, -0.25) is 0 Å². The second kappa shape index (κ2) is 8.34. The van der Waals surface area contributed by atoms with E-state index in [-0.39, 0.29) is 6.09 Å². The zero-order chi connectivity index (χ0) is 17.4. The second-order valence-electron chi connectivity index (χ2n) is 6.61. The SMILES string of the molecule is CC(C)(C)OC(=O)NCCC=Cc1ccc(-c2ccccc2)cc1. The number of carbonyl (C=O) groups is 1. The predicted octanol–water partition coefficient (Wildman–Crippen LogP) is 5.28. The highest BCUT2D eigenvalue weighted by Gasteiger charge is 2.15. The molecule has 3 nitrogen and oxygen atoms in total. The van der Waals surface area contributed by atoms with Crippen LogP contribution in [0.1, 0.15) is 32.8 Å². The topological polar surface area (TPSA) is 38.3 Å². The van der Waals surface area contributed by atoms with E-state index in [0.29, 0.717) is 6.54 Å². The van der Waals surface area contributed by atoms with Crippen molar-refractivity contribution in [3.05, 3.63) is 66.2 Å². The molecule has 1 N–H and O–H groups in total. The molecule has 2 rings (SSSR count). The van der Waals surface area contributed by atoms with E-state index in [2.05, 4.69) is 53.9 Å². The van der Waals surface area contributed by atoms with Gasteiger partial charge in [0, 0.05) is 6.54 Å². The van der Waals surface area contributed by atoms with Crippen LogP contribution in [0, 0.1) is 0 Å². The predicted molar refractivity (Wildman–Crippen MR) is 99.8 cm³/mol. The Labute approximate surface area is 144 Å². The Morgan fingerprint density at radius 2 is 1.62 bits per heavy atom. The van der Waals surface area contributed by atoms with Gasteiger partial charge >= 0.3 is 6.09 Å². The Bertz CT molecular complexity index is 667. The largest absolute Gasteiger partial charge is 0.444 e. The highest BCUT2D eigenvalue weighted by Crippen LogP contribution is 2.19. The molecule has 0 aromatic heterocycles. The van der Waals surface area contributed by atoms with E-state index in [1.54, 1.807) is 0 Å². The first-order valence-electron chi connectivity index (χ1n) is 8.23. The van der Waals surface area contributed by atoms with Gasteiger partial charge in [0.05, 0.1) is 0 Å². The Hall–Kier alpha value is -2.55. The minimum atomic E-state index is -0.458. The number of alkyl carbamates (subject to hydrolysis) is 1. The van der Waals surface area contributed by atoms with Crippen LogP contribution in [0.5, 0.6) is 0 Å². The lowest BCUT2D eigenvalue weighted by atomic mass is 10.0. The van der Waals surface area contributed by atoms with Crippen molar-refractivity contribution >= 4 is 12.2 Å². The lowest BCUT2D eigenvalue weighted by Gasteiger charge is -2.19. The molecular formula is C21H25NO2. The molecule has 0 aliphatic heterocycles. The molecule has 0 bridgehead atoms. The quantitative estimate of drug-likeness (QED) is 0.760. The van der Waals surface area contributed by atoms with Crippen LogP contribution in [0.2, 0.25) is 0 Å². The summed E-state index contributed by atoms with van der Waals surface area (Å²) in [4.78, 5) is 11.5. The van der Waals surface area contributed by atoms with Gasteiger partial charge in [-0.1, -0.05) is 66.7 Å². The molecule has 0 fully saturated rings. The summed E-state index contributed by atoms with van der Waals surface area (Å²) in [5.74, 6) is 0. The molecule has 126 valence electrons. The van der Waals surface area contributed by atoms with Crippen LogP contribution in [0.15, 0.2) is 60.7 Å². The smallest absolute Gasteiger partial charge is 0.407 e. The van der Waals surface area contributed by atoms with Gasteiger partial charge in [0.2, 0.25) is 0 Å². The summed E-state index contributed by atoms with van der Waals surface area (Å²) in [5, 5.41) is 2.74.